The molecule has 2 heterocycles. The Morgan fingerprint density at radius 1 is 0.647 bits per heavy atom. The number of hydrogen-bond donors (Lipinski definition) is 1. The second kappa shape index (κ2) is 11.3. The highest BCUT2D eigenvalue weighted by Crippen LogP contribution is 2.34. The molecule has 5 atom stereocenters. The third kappa shape index (κ3) is 5.57. The third-order valence-corrected chi connectivity index (χ3v) is 6.85. The van der Waals surface area contributed by atoms with Gasteiger partial charge in [-0.25, -0.2) is 0 Å². The number of benzene rings is 3. The number of hydrogen-bond acceptors (Lipinski definition) is 5. The van der Waals surface area contributed by atoms with E-state index in [4.69, 9.17) is 14.2 Å². The Morgan fingerprint density at radius 2 is 1.12 bits per heavy atom. The van der Waals surface area contributed by atoms with Gasteiger partial charge in [-0.05, 0) is 23.1 Å². The van der Waals surface area contributed by atoms with Crippen LogP contribution in [0.2, 0.25) is 0 Å². The van der Waals surface area contributed by atoms with Crippen LogP contribution in [0.15, 0.2) is 91.0 Å². The lowest BCUT2D eigenvalue weighted by atomic mass is 9.92. The molecule has 3 aromatic rings. The SMILES string of the molecule is O[C@H]1CCN2C[C@H](OCc3ccccc3)[C@@H](OCc3ccccc3)[C@H](OCc3ccccc3)[C@@H]12. The van der Waals surface area contributed by atoms with E-state index in [1.54, 1.807) is 0 Å². The summed E-state index contributed by atoms with van der Waals surface area (Å²) in [6, 6.07) is 30.5. The van der Waals surface area contributed by atoms with E-state index in [0.717, 1.165) is 36.2 Å². The van der Waals surface area contributed by atoms with Crippen molar-refractivity contribution in [2.75, 3.05) is 13.1 Å². The van der Waals surface area contributed by atoms with Gasteiger partial charge in [0, 0.05) is 13.1 Å². The monoisotopic (exact) mass is 459 g/mol. The van der Waals surface area contributed by atoms with Crippen molar-refractivity contribution < 1.29 is 19.3 Å². The maximum atomic E-state index is 10.9. The van der Waals surface area contributed by atoms with Crippen molar-refractivity contribution in [3.05, 3.63) is 108 Å². The summed E-state index contributed by atoms with van der Waals surface area (Å²) >= 11 is 0. The lowest BCUT2D eigenvalue weighted by Crippen LogP contribution is -2.63. The van der Waals surface area contributed by atoms with Gasteiger partial charge < -0.3 is 19.3 Å². The molecule has 5 rings (SSSR count). The molecular weight excluding hydrogens is 426 g/mol. The number of aliphatic hydroxyl groups is 1. The summed E-state index contributed by atoms with van der Waals surface area (Å²) in [4.78, 5) is 2.32. The van der Waals surface area contributed by atoms with E-state index in [1.807, 2.05) is 54.6 Å². The Labute approximate surface area is 201 Å². The topological polar surface area (TPSA) is 51.2 Å². The number of ether oxygens (including phenoxy) is 3. The number of rotatable bonds is 9. The molecule has 0 amide bonds. The fourth-order valence-corrected chi connectivity index (χ4v) is 5.10. The van der Waals surface area contributed by atoms with E-state index in [2.05, 4.69) is 41.3 Å². The Bertz CT molecular complexity index is 1000. The van der Waals surface area contributed by atoms with Gasteiger partial charge in [0.25, 0.3) is 0 Å². The Hall–Kier alpha value is -2.54. The first-order valence-electron chi connectivity index (χ1n) is 12.2. The van der Waals surface area contributed by atoms with Crippen LogP contribution in [0.4, 0.5) is 0 Å². The largest absolute Gasteiger partial charge is 0.391 e. The maximum Gasteiger partial charge on any atom is 0.113 e. The Morgan fingerprint density at radius 3 is 1.65 bits per heavy atom. The van der Waals surface area contributed by atoms with Crippen molar-refractivity contribution >= 4 is 0 Å². The van der Waals surface area contributed by atoms with E-state index in [9.17, 15) is 5.11 Å². The number of fused-ring (bicyclic) bond motifs is 1. The molecule has 0 saturated carbocycles. The van der Waals surface area contributed by atoms with Crippen molar-refractivity contribution in [3.63, 3.8) is 0 Å². The van der Waals surface area contributed by atoms with Crippen LogP contribution in [-0.4, -0.2) is 53.6 Å². The standard InChI is InChI=1S/C29H33NO4/c31-25-16-17-30-18-26(32-19-22-10-4-1-5-11-22)28(33-20-23-12-6-2-7-13-23)29(27(25)30)34-21-24-14-8-3-9-15-24/h1-15,25-29,31H,16-21H2/t25-,26-,27+,28+,29+/m0/s1. The molecule has 0 unspecified atom stereocenters. The molecule has 5 nitrogen and oxygen atoms in total. The fraction of sp³-hybridized carbons (Fsp3) is 0.379. The maximum absolute atomic E-state index is 10.9. The second-order valence-electron chi connectivity index (χ2n) is 9.20. The minimum Gasteiger partial charge on any atom is -0.391 e. The molecule has 0 spiro atoms. The zero-order chi connectivity index (χ0) is 23.2. The predicted octanol–water partition coefficient (Wildman–Crippen LogP) is 4.19. The van der Waals surface area contributed by atoms with Crippen molar-refractivity contribution in [1.82, 2.24) is 4.90 Å². The van der Waals surface area contributed by atoms with Crippen LogP contribution in [-0.2, 0) is 34.0 Å². The Kier molecular flexibility index (Phi) is 7.69. The summed E-state index contributed by atoms with van der Waals surface area (Å²) < 4.78 is 19.5. The van der Waals surface area contributed by atoms with Crippen molar-refractivity contribution in [3.8, 4) is 0 Å². The summed E-state index contributed by atoms with van der Waals surface area (Å²) in [6.45, 7) is 3.03. The van der Waals surface area contributed by atoms with Crippen molar-refractivity contribution in [2.45, 2.75) is 56.7 Å². The second-order valence-corrected chi connectivity index (χ2v) is 9.20. The van der Waals surface area contributed by atoms with Gasteiger partial charge in [-0.1, -0.05) is 91.0 Å². The molecule has 2 aliphatic heterocycles. The fourth-order valence-electron chi connectivity index (χ4n) is 5.10. The quantitative estimate of drug-likeness (QED) is 0.520. The van der Waals surface area contributed by atoms with Gasteiger partial charge >= 0.3 is 0 Å². The first kappa shape index (κ1) is 23.2. The molecule has 1 N–H and O–H groups in total. The molecular formula is C29H33NO4. The zero-order valence-electron chi connectivity index (χ0n) is 19.4. The minimum atomic E-state index is -0.432. The van der Waals surface area contributed by atoms with Crippen LogP contribution in [0.25, 0.3) is 0 Å². The molecule has 34 heavy (non-hydrogen) atoms. The van der Waals surface area contributed by atoms with Gasteiger partial charge in [-0.15, -0.1) is 0 Å². The van der Waals surface area contributed by atoms with E-state index >= 15 is 0 Å². The minimum absolute atomic E-state index is 0.0962. The van der Waals surface area contributed by atoms with Crippen LogP contribution in [0.5, 0.6) is 0 Å². The molecule has 0 aliphatic carbocycles. The number of nitrogens with zero attached hydrogens (tertiary/aromatic N) is 1. The molecule has 0 aromatic heterocycles. The summed E-state index contributed by atoms with van der Waals surface area (Å²) in [7, 11) is 0. The van der Waals surface area contributed by atoms with Gasteiger partial charge in [0.05, 0.1) is 38.1 Å². The van der Waals surface area contributed by atoms with Crippen LogP contribution in [0.1, 0.15) is 23.1 Å². The lowest BCUT2D eigenvalue weighted by molar-refractivity contribution is -0.205. The molecule has 3 aromatic carbocycles. The summed E-state index contributed by atoms with van der Waals surface area (Å²) in [5, 5.41) is 10.9. The molecule has 2 aliphatic rings. The highest BCUT2D eigenvalue weighted by molar-refractivity contribution is 5.16. The molecule has 0 bridgehead atoms. The lowest BCUT2D eigenvalue weighted by Gasteiger charge is -2.46. The van der Waals surface area contributed by atoms with E-state index < -0.39 is 6.10 Å². The molecule has 2 saturated heterocycles. The zero-order valence-corrected chi connectivity index (χ0v) is 19.4. The van der Waals surface area contributed by atoms with Crippen molar-refractivity contribution in [1.29, 1.82) is 0 Å². The Balaban J connectivity index is 1.37. The summed E-state index contributed by atoms with van der Waals surface area (Å²) in [6.07, 6.45) is -0.436. The highest BCUT2D eigenvalue weighted by atomic mass is 16.6. The molecule has 178 valence electrons. The average Bonchev–Trinajstić information content (AvgIpc) is 3.27. The first-order valence-corrected chi connectivity index (χ1v) is 12.2. The first-order chi connectivity index (χ1) is 16.8. The van der Waals surface area contributed by atoms with E-state index in [1.165, 1.54) is 0 Å². The predicted molar refractivity (Wildman–Crippen MR) is 131 cm³/mol. The highest BCUT2D eigenvalue weighted by Gasteiger charge is 2.51. The summed E-state index contributed by atoms with van der Waals surface area (Å²) in [5.41, 5.74) is 3.35. The van der Waals surface area contributed by atoms with E-state index in [0.29, 0.717) is 19.8 Å². The van der Waals surface area contributed by atoms with Gasteiger partial charge in [-0.2, -0.15) is 0 Å². The molecule has 5 heteroatoms. The van der Waals surface area contributed by atoms with Crippen LogP contribution in [0, 0.1) is 0 Å². The number of piperidine rings is 1. The van der Waals surface area contributed by atoms with Gasteiger partial charge in [0.15, 0.2) is 0 Å². The van der Waals surface area contributed by atoms with Crippen molar-refractivity contribution in [2.24, 2.45) is 0 Å². The smallest absolute Gasteiger partial charge is 0.113 e. The van der Waals surface area contributed by atoms with E-state index in [-0.39, 0.29) is 24.4 Å². The normalized spacial score (nSPS) is 26.9. The average molecular weight is 460 g/mol. The van der Waals surface area contributed by atoms with Crippen LogP contribution < -0.4 is 0 Å². The molecule has 2 fully saturated rings. The number of aliphatic hydroxyl groups excluding tert-OH is 1. The molecule has 0 radical (unpaired) electrons. The van der Waals surface area contributed by atoms with Gasteiger partial charge in [0.1, 0.15) is 12.2 Å². The van der Waals surface area contributed by atoms with Crippen LogP contribution >= 0.6 is 0 Å². The van der Waals surface area contributed by atoms with Gasteiger partial charge in [0.2, 0.25) is 0 Å². The third-order valence-electron chi connectivity index (χ3n) is 6.85. The summed E-state index contributed by atoms with van der Waals surface area (Å²) in [5.74, 6) is 0. The van der Waals surface area contributed by atoms with Gasteiger partial charge in [-0.3, -0.25) is 4.90 Å². The van der Waals surface area contributed by atoms with Crippen LogP contribution in [0.3, 0.4) is 0 Å².